The molecule has 0 saturated heterocycles. The maximum absolute atomic E-state index is 6.17. The quantitative estimate of drug-likeness (QED) is 0.757. The zero-order chi connectivity index (χ0) is 13.2. The van der Waals surface area contributed by atoms with Crippen molar-refractivity contribution in [2.24, 2.45) is 0 Å². The fraction of sp³-hybridized carbons (Fsp3) is 0. The molecule has 3 nitrogen and oxygen atoms in total. The van der Waals surface area contributed by atoms with Crippen LogP contribution < -0.4 is 10.5 Å². The van der Waals surface area contributed by atoms with Crippen LogP contribution in [0.1, 0.15) is 0 Å². The molecule has 19 heavy (non-hydrogen) atoms. The van der Waals surface area contributed by atoms with Gasteiger partial charge in [-0.2, -0.15) is 0 Å². The van der Waals surface area contributed by atoms with Crippen LogP contribution in [0.2, 0.25) is 5.02 Å². The van der Waals surface area contributed by atoms with Crippen LogP contribution in [0.4, 0.5) is 5.69 Å². The van der Waals surface area contributed by atoms with Crippen LogP contribution in [0.15, 0.2) is 54.7 Å². The maximum Gasteiger partial charge on any atom is 0.221 e. The Hall–Kier alpha value is -2.26. The molecule has 0 unspecified atom stereocenters. The summed E-state index contributed by atoms with van der Waals surface area (Å²) in [6.07, 6.45) is 1.61. The second-order valence-electron chi connectivity index (χ2n) is 4.12. The molecule has 0 saturated carbocycles. The van der Waals surface area contributed by atoms with Crippen LogP contribution in [0.5, 0.6) is 11.6 Å². The molecule has 1 heterocycles. The van der Waals surface area contributed by atoms with Gasteiger partial charge in [-0.15, -0.1) is 0 Å². The van der Waals surface area contributed by atoms with Gasteiger partial charge >= 0.3 is 0 Å². The summed E-state index contributed by atoms with van der Waals surface area (Å²) in [5, 5.41) is 2.59. The molecule has 2 aromatic carbocycles. The first-order chi connectivity index (χ1) is 9.24. The number of halogens is 1. The van der Waals surface area contributed by atoms with E-state index < -0.39 is 0 Å². The molecular weight excluding hydrogens is 260 g/mol. The van der Waals surface area contributed by atoms with Gasteiger partial charge in [-0.3, -0.25) is 0 Å². The number of aromatic nitrogens is 1. The highest BCUT2D eigenvalue weighted by molar-refractivity contribution is 6.35. The highest BCUT2D eigenvalue weighted by Gasteiger charge is 2.07. The summed E-state index contributed by atoms with van der Waals surface area (Å²) in [7, 11) is 0. The predicted octanol–water partition coefficient (Wildman–Crippen LogP) is 4.26. The SMILES string of the molecule is Nc1ccnc(Oc2ccc(Cl)c3ccccc23)c1. The van der Waals surface area contributed by atoms with E-state index in [0.29, 0.717) is 22.3 Å². The molecule has 2 N–H and O–H groups in total. The third-order valence-corrected chi connectivity index (χ3v) is 3.13. The first kappa shape index (κ1) is 11.8. The van der Waals surface area contributed by atoms with Crippen molar-refractivity contribution in [2.75, 3.05) is 5.73 Å². The molecule has 1 aromatic heterocycles. The van der Waals surface area contributed by atoms with Crippen molar-refractivity contribution in [1.82, 2.24) is 4.98 Å². The molecule has 0 radical (unpaired) electrons. The van der Waals surface area contributed by atoms with Gasteiger partial charge in [0, 0.05) is 33.7 Å². The number of fused-ring (bicyclic) bond motifs is 1. The third-order valence-electron chi connectivity index (χ3n) is 2.80. The van der Waals surface area contributed by atoms with Crippen molar-refractivity contribution in [2.45, 2.75) is 0 Å². The summed E-state index contributed by atoms with van der Waals surface area (Å²) in [4.78, 5) is 4.13. The minimum atomic E-state index is 0.465. The molecule has 4 heteroatoms. The maximum atomic E-state index is 6.17. The average Bonchev–Trinajstić information content (AvgIpc) is 2.42. The van der Waals surface area contributed by atoms with E-state index in [0.717, 1.165) is 10.8 Å². The number of hydrogen-bond donors (Lipinski definition) is 1. The number of pyridine rings is 1. The Morgan fingerprint density at radius 2 is 1.79 bits per heavy atom. The number of benzene rings is 2. The smallest absolute Gasteiger partial charge is 0.221 e. The second kappa shape index (κ2) is 4.78. The summed E-state index contributed by atoms with van der Waals surface area (Å²) in [6, 6.07) is 14.8. The molecule has 0 aliphatic carbocycles. The topological polar surface area (TPSA) is 48.1 Å². The van der Waals surface area contributed by atoms with Gasteiger partial charge in [0.15, 0.2) is 0 Å². The van der Waals surface area contributed by atoms with E-state index in [-0.39, 0.29) is 0 Å². The second-order valence-corrected chi connectivity index (χ2v) is 4.53. The Labute approximate surface area is 115 Å². The summed E-state index contributed by atoms with van der Waals surface area (Å²) in [6.45, 7) is 0. The Kier molecular flexibility index (Phi) is 2.97. The average molecular weight is 271 g/mol. The van der Waals surface area contributed by atoms with E-state index >= 15 is 0 Å². The first-order valence-electron chi connectivity index (χ1n) is 5.81. The summed E-state index contributed by atoms with van der Waals surface area (Å²) >= 11 is 6.17. The highest BCUT2D eigenvalue weighted by atomic mass is 35.5. The molecule has 0 amide bonds. The number of anilines is 1. The van der Waals surface area contributed by atoms with E-state index in [1.165, 1.54) is 0 Å². The number of rotatable bonds is 2. The van der Waals surface area contributed by atoms with E-state index in [1.54, 1.807) is 18.3 Å². The van der Waals surface area contributed by atoms with E-state index in [2.05, 4.69) is 4.98 Å². The van der Waals surface area contributed by atoms with Gasteiger partial charge in [0.2, 0.25) is 5.88 Å². The summed E-state index contributed by atoms with van der Waals surface area (Å²) < 4.78 is 5.78. The zero-order valence-corrected chi connectivity index (χ0v) is 10.8. The van der Waals surface area contributed by atoms with Crippen LogP contribution in [-0.4, -0.2) is 4.98 Å². The molecule has 0 atom stereocenters. The van der Waals surface area contributed by atoms with Gasteiger partial charge in [0.05, 0.1) is 0 Å². The molecule has 0 aliphatic rings. The largest absolute Gasteiger partial charge is 0.438 e. The van der Waals surface area contributed by atoms with Crippen molar-refractivity contribution in [1.29, 1.82) is 0 Å². The van der Waals surface area contributed by atoms with Crippen molar-refractivity contribution in [3.8, 4) is 11.6 Å². The molecule has 3 aromatic rings. The fourth-order valence-corrected chi connectivity index (χ4v) is 2.14. The van der Waals surface area contributed by atoms with Crippen LogP contribution >= 0.6 is 11.6 Å². The van der Waals surface area contributed by atoms with E-state index in [9.17, 15) is 0 Å². The molecule has 0 bridgehead atoms. The van der Waals surface area contributed by atoms with Gasteiger partial charge in [-0.1, -0.05) is 35.9 Å². The standard InChI is InChI=1S/C15H11ClN2O/c16-13-5-6-14(12-4-2-1-3-11(12)13)19-15-9-10(17)7-8-18-15/h1-9H,(H2,17,18). The lowest BCUT2D eigenvalue weighted by atomic mass is 10.1. The molecule has 0 aliphatic heterocycles. The number of ether oxygens (including phenoxy) is 1. The van der Waals surface area contributed by atoms with E-state index in [4.69, 9.17) is 22.1 Å². The lowest BCUT2D eigenvalue weighted by Crippen LogP contribution is -1.91. The zero-order valence-electron chi connectivity index (χ0n) is 10.0. The van der Waals surface area contributed by atoms with Crippen molar-refractivity contribution >= 4 is 28.1 Å². The van der Waals surface area contributed by atoms with Crippen molar-refractivity contribution in [3.63, 3.8) is 0 Å². The fourth-order valence-electron chi connectivity index (χ4n) is 1.92. The van der Waals surface area contributed by atoms with Crippen LogP contribution in [-0.2, 0) is 0 Å². The van der Waals surface area contributed by atoms with Crippen LogP contribution in [0, 0.1) is 0 Å². The number of nitrogens with two attached hydrogens (primary N) is 1. The Bertz CT molecular complexity index is 743. The normalized spacial score (nSPS) is 10.6. The van der Waals surface area contributed by atoms with Crippen molar-refractivity contribution < 1.29 is 4.74 Å². The lowest BCUT2D eigenvalue weighted by molar-refractivity contribution is 0.468. The molecule has 0 fully saturated rings. The van der Waals surface area contributed by atoms with Crippen LogP contribution in [0.3, 0.4) is 0 Å². The number of hydrogen-bond acceptors (Lipinski definition) is 3. The Morgan fingerprint density at radius 3 is 2.58 bits per heavy atom. The summed E-state index contributed by atoms with van der Waals surface area (Å²) in [5.74, 6) is 1.17. The van der Waals surface area contributed by atoms with Gasteiger partial charge in [-0.25, -0.2) is 4.98 Å². The lowest BCUT2D eigenvalue weighted by Gasteiger charge is -2.09. The monoisotopic (exact) mass is 270 g/mol. The third kappa shape index (κ3) is 2.33. The Balaban J connectivity index is 2.09. The number of nitrogens with zero attached hydrogens (tertiary/aromatic N) is 1. The minimum Gasteiger partial charge on any atom is -0.438 e. The van der Waals surface area contributed by atoms with E-state index in [1.807, 2.05) is 36.4 Å². The minimum absolute atomic E-state index is 0.465. The molecular formula is C15H11ClN2O. The van der Waals surface area contributed by atoms with Gasteiger partial charge < -0.3 is 10.5 Å². The summed E-state index contributed by atoms with van der Waals surface area (Å²) in [5.41, 5.74) is 6.32. The molecule has 0 spiro atoms. The van der Waals surface area contributed by atoms with Gasteiger partial charge in [0.1, 0.15) is 5.75 Å². The van der Waals surface area contributed by atoms with Crippen LogP contribution in [0.25, 0.3) is 10.8 Å². The number of nitrogen functional groups attached to an aromatic ring is 1. The molecule has 94 valence electrons. The predicted molar refractivity (Wildman–Crippen MR) is 77.7 cm³/mol. The van der Waals surface area contributed by atoms with Crippen molar-refractivity contribution in [3.05, 3.63) is 59.8 Å². The molecule has 3 rings (SSSR count). The highest BCUT2D eigenvalue weighted by Crippen LogP contribution is 2.33. The van der Waals surface area contributed by atoms with Gasteiger partial charge in [0.25, 0.3) is 0 Å². The Morgan fingerprint density at radius 1 is 1.00 bits per heavy atom. The first-order valence-corrected chi connectivity index (χ1v) is 6.18. The van der Waals surface area contributed by atoms with Gasteiger partial charge in [-0.05, 0) is 18.2 Å².